The van der Waals surface area contributed by atoms with Crippen molar-refractivity contribution in [2.75, 3.05) is 6.61 Å². The second-order valence-corrected chi connectivity index (χ2v) is 4.67. The van der Waals surface area contributed by atoms with Gasteiger partial charge in [-0.15, -0.1) is 0 Å². The summed E-state index contributed by atoms with van der Waals surface area (Å²) >= 11 is 0. The van der Waals surface area contributed by atoms with Crippen molar-refractivity contribution < 1.29 is 27.4 Å². The van der Waals surface area contributed by atoms with Crippen LogP contribution in [-0.2, 0) is 6.54 Å². The molecule has 1 aromatic rings. The lowest BCUT2D eigenvalue weighted by molar-refractivity contribution is -0.210. The number of halogens is 4. The zero-order chi connectivity index (χ0) is 15.3. The molecule has 1 aromatic carbocycles. The first-order chi connectivity index (χ1) is 9.20. The van der Waals surface area contributed by atoms with Crippen LogP contribution in [0.15, 0.2) is 18.2 Å². The molecule has 7 heteroatoms. The van der Waals surface area contributed by atoms with Gasteiger partial charge in [-0.05, 0) is 17.7 Å². The van der Waals surface area contributed by atoms with Crippen molar-refractivity contribution in [2.45, 2.75) is 38.7 Å². The molecule has 0 aliphatic rings. The summed E-state index contributed by atoms with van der Waals surface area (Å²) in [4.78, 5) is 0. The fraction of sp³-hybridized carbons (Fsp3) is 0.538. The highest BCUT2D eigenvalue weighted by Gasteiger charge is 2.38. The van der Waals surface area contributed by atoms with E-state index >= 15 is 0 Å². The maximum atomic E-state index is 13.6. The second kappa shape index (κ2) is 6.90. The lowest BCUT2D eigenvalue weighted by Crippen LogP contribution is -2.34. The first-order valence-corrected chi connectivity index (χ1v) is 6.09. The number of benzene rings is 1. The van der Waals surface area contributed by atoms with Crippen LogP contribution in [0.4, 0.5) is 17.6 Å². The molecule has 0 aromatic heterocycles. The average molecular weight is 295 g/mol. The van der Waals surface area contributed by atoms with Crippen LogP contribution in [0.3, 0.4) is 0 Å². The van der Waals surface area contributed by atoms with Crippen LogP contribution >= 0.6 is 0 Å². The van der Waals surface area contributed by atoms with Gasteiger partial charge in [0.25, 0.3) is 0 Å². The first-order valence-electron chi connectivity index (χ1n) is 6.09. The average Bonchev–Trinajstić information content (AvgIpc) is 2.33. The van der Waals surface area contributed by atoms with Gasteiger partial charge in [0.05, 0.1) is 0 Å². The SMILES string of the molecule is CC(C)NCc1ccc(OCC(O)C(F)(F)F)c(F)c1. The van der Waals surface area contributed by atoms with Crippen molar-refractivity contribution in [2.24, 2.45) is 0 Å². The zero-order valence-electron chi connectivity index (χ0n) is 11.2. The number of hydrogen-bond acceptors (Lipinski definition) is 3. The van der Waals surface area contributed by atoms with E-state index in [1.165, 1.54) is 12.1 Å². The predicted molar refractivity (Wildman–Crippen MR) is 65.9 cm³/mol. The highest BCUT2D eigenvalue weighted by molar-refractivity contribution is 5.29. The van der Waals surface area contributed by atoms with Crippen LogP contribution in [0.5, 0.6) is 5.75 Å². The van der Waals surface area contributed by atoms with E-state index < -0.39 is 24.7 Å². The van der Waals surface area contributed by atoms with Crippen LogP contribution in [0.25, 0.3) is 0 Å². The quantitative estimate of drug-likeness (QED) is 0.793. The van der Waals surface area contributed by atoms with Gasteiger partial charge in [0.15, 0.2) is 17.7 Å². The molecule has 0 spiro atoms. The summed E-state index contributed by atoms with van der Waals surface area (Å²) in [5, 5.41) is 11.8. The molecule has 3 nitrogen and oxygen atoms in total. The van der Waals surface area contributed by atoms with Crippen LogP contribution in [-0.4, -0.2) is 30.0 Å². The lowest BCUT2D eigenvalue weighted by atomic mass is 10.2. The van der Waals surface area contributed by atoms with Crippen molar-refractivity contribution in [1.82, 2.24) is 5.32 Å². The highest BCUT2D eigenvalue weighted by atomic mass is 19.4. The molecular formula is C13H17F4NO2. The number of rotatable bonds is 6. The standard InChI is InChI=1S/C13H17F4NO2/c1-8(2)18-6-9-3-4-11(10(14)5-9)20-7-12(19)13(15,16)17/h3-5,8,12,18-19H,6-7H2,1-2H3. The minimum Gasteiger partial charge on any atom is -0.487 e. The van der Waals surface area contributed by atoms with Gasteiger partial charge in [-0.3, -0.25) is 0 Å². The number of aliphatic hydroxyl groups is 1. The molecule has 0 aliphatic heterocycles. The summed E-state index contributed by atoms with van der Waals surface area (Å²) in [6.45, 7) is 3.28. The van der Waals surface area contributed by atoms with Crippen LogP contribution in [0, 0.1) is 5.82 Å². The highest BCUT2D eigenvalue weighted by Crippen LogP contribution is 2.23. The lowest BCUT2D eigenvalue weighted by Gasteiger charge is -2.16. The van der Waals surface area contributed by atoms with Gasteiger partial charge in [0, 0.05) is 12.6 Å². The van der Waals surface area contributed by atoms with Crippen molar-refractivity contribution in [1.29, 1.82) is 0 Å². The van der Waals surface area contributed by atoms with Gasteiger partial charge < -0.3 is 15.2 Å². The van der Waals surface area contributed by atoms with Gasteiger partial charge in [-0.2, -0.15) is 13.2 Å². The van der Waals surface area contributed by atoms with Crippen LogP contribution in [0.2, 0.25) is 0 Å². The Hall–Kier alpha value is -1.34. The second-order valence-electron chi connectivity index (χ2n) is 4.67. The minimum atomic E-state index is -4.78. The fourth-order valence-electron chi connectivity index (χ4n) is 1.36. The third-order valence-electron chi connectivity index (χ3n) is 2.49. The molecule has 2 N–H and O–H groups in total. The van der Waals surface area contributed by atoms with Gasteiger partial charge >= 0.3 is 6.18 Å². The van der Waals surface area contributed by atoms with E-state index in [9.17, 15) is 17.6 Å². The summed E-state index contributed by atoms with van der Waals surface area (Å²) in [7, 11) is 0. The largest absolute Gasteiger partial charge is 0.487 e. The van der Waals surface area contributed by atoms with E-state index in [0.717, 1.165) is 0 Å². The molecule has 0 radical (unpaired) electrons. The Morgan fingerprint density at radius 2 is 1.95 bits per heavy atom. The maximum Gasteiger partial charge on any atom is 0.417 e. The van der Waals surface area contributed by atoms with E-state index in [2.05, 4.69) is 10.1 Å². The summed E-state index contributed by atoms with van der Waals surface area (Å²) in [5.41, 5.74) is 0.653. The third-order valence-corrected chi connectivity index (χ3v) is 2.49. The molecule has 20 heavy (non-hydrogen) atoms. The first kappa shape index (κ1) is 16.7. The number of aliphatic hydroxyl groups excluding tert-OH is 1. The zero-order valence-corrected chi connectivity index (χ0v) is 11.2. The van der Waals surface area contributed by atoms with Crippen molar-refractivity contribution in [3.8, 4) is 5.75 Å². The molecule has 1 rings (SSSR count). The molecule has 0 heterocycles. The van der Waals surface area contributed by atoms with Crippen molar-refractivity contribution in [3.63, 3.8) is 0 Å². The summed E-state index contributed by atoms with van der Waals surface area (Å²) < 4.78 is 54.4. The molecule has 1 atom stereocenters. The normalized spacial score (nSPS) is 13.6. The number of alkyl halides is 3. The monoisotopic (exact) mass is 295 g/mol. The molecule has 0 amide bonds. The third kappa shape index (κ3) is 5.34. The molecule has 0 saturated carbocycles. The molecule has 0 saturated heterocycles. The van der Waals surface area contributed by atoms with E-state index in [1.54, 1.807) is 6.07 Å². The summed E-state index contributed by atoms with van der Waals surface area (Å²) in [6.07, 6.45) is -7.42. The molecular weight excluding hydrogens is 278 g/mol. The predicted octanol–water partition coefficient (Wildman–Crippen LogP) is 2.63. The van der Waals surface area contributed by atoms with Gasteiger partial charge in [-0.25, -0.2) is 4.39 Å². The molecule has 0 aliphatic carbocycles. The van der Waals surface area contributed by atoms with E-state index in [1.807, 2.05) is 13.8 Å². The molecule has 1 unspecified atom stereocenters. The Morgan fingerprint density at radius 3 is 2.45 bits per heavy atom. The maximum absolute atomic E-state index is 13.6. The number of nitrogens with one attached hydrogen (secondary N) is 1. The Bertz CT molecular complexity index is 435. The molecule has 0 fully saturated rings. The Balaban J connectivity index is 2.60. The summed E-state index contributed by atoms with van der Waals surface area (Å²) in [6, 6.07) is 4.21. The van der Waals surface area contributed by atoms with E-state index in [0.29, 0.717) is 12.1 Å². The van der Waals surface area contributed by atoms with E-state index in [-0.39, 0.29) is 11.8 Å². The van der Waals surface area contributed by atoms with E-state index in [4.69, 9.17) is 5.11 Å². The van der Waals surface area contributed by atoms with Crippen molar-refractivity contribution in [3.05, 3.63) is 29.6 Å². The Morgan fingerprint density at radius 1 is 1.30 bits per heavy atom. The van der Waals surface area contributed by atoms with Crippen LogP contribution < -0.4 is 10.1 Å². The summed E-state index contributed by atoms with van der Waals surface area (Å²) in [5.74, 6) is -1.08. The Kier molecular flexibility index (Phi) is 5.76. The van der Waals surface area contributed by atoms with Gasteiger partial charge in [-0.1, -0.05) is 19.9 Å². The van der Waals surface area contributed by atoms with Gasteiger partial charge in [0.1, 0.15) is 6.61 Å². The minimum absolute atomic E-state index is 0.232. The topological polar surface area (TPSA) is 41.5 Å². The van der Waals surface area contributed by atoms with Gasteiger partial charge in [0.2, 0.25) is 0 Å². The van der Waals surface area contributed by atoms with Crippen molar-refractivity contribution >= 4 is 0 Å². The number of hydrogen-bond donors (Lipinski definition) is 2. The molecule has 114 valence electrons. The number of ether oxygens (including phenoxy) is 1. The van der Waals surface area contributed by atoms with Crippen LogP contribution in [0.1, 0.15) is 19.4 Å². The fourth-order valence-corrected chi connectivity index (χ4v) is 1.36. The Labute approximate surface area is 114 Å². The smallest absolute Gasteiger partial charge is 0.417 e. The molecule has 0 bridgehead atoms.